The topological polar surface area (TPSA) is 95.5 Å². The molecule has 148 valence electrons. The Morgan fingerprint density at radius 2 is 1.57 bits per heavy atom. The summed E-state index contributed by atoms with van der Waals surface area (Å²) in [6.45, 7) is 1.68. The first-order chi connectivity index (χ1) is 13.3. The molecule has 0 saturated heterocycles. The second kappa shape index (κ2) is 10.2. The lowest BCUT2D eigenvalue weighted by molar-refractivity contribution is -0.141. The third-order valence-electron chi connectivity index (χ3n) is 4.19. The molecule has 0 aliphatic rings. The average Bonchev–Trinajstić information content (AvgIpc) is 2.67. The number of carboxylic acid groups (broad SMARTS) is 1. The zero-order valence-corrected chi connectivity index (χ0v) is 15.6. The van der Waals surface area contributed by atoms with Crippen molar-refractivity contribution in [3.05, 3.63) is 71.0 Å². The third-order valence-corrected chi connectivity index (χ3v) is 4.19. The minimum Gasteiger partial charge on any atom is -0.480 e. The predicted molar refractivity (Wildman–Crippen MR) is 102 cm³/mol. The van der Waals surface area contributed by atoms with Crippen LogP contribution in [0.3, 0.4) is 0 Å². The van der Waals surface area contributed by atoms with Crippen LogP contribution < -0.4 is 10.6 Å². The van der Waals surface area contributed by atoms with Crippen LogP contribution in [0.5, 0.6) is 0 Å². The number of aryl methyl sites for hydroxylation is 2. The van der Waals surface area contributed by atoms with Crippen LogP contribution in [-0.4, -0.2) is 35.5 Å². The molecule has 3 N–H and O–H groups in total. The van der Waals surface area contributed by atoms with Gasteiger partial charge in [0.15, 0.2) is 0 Å². The lowest BCUT2D eigenvalue weighted by Crippen LogP contribution is -2.46. The van der Waals surface area contributed by atoms with Crippen molar-refractivity contribution in [1.82, 2.24) is 10.6 Å². The van der Waals surface area contributed by atoms with E-state index in [-0.39, 0.29) is 25.3 Å². The van der Waals surface area contributed by atoms with Crippen molar-refractivity contribution in [2.24, 2.45) is 0 Å². The second-order valence-electron chi connectivity index (χ2n) is 6.55. The fraction of sp³-hybridized carbons (Fsp3) is 0.286. The van der Waals surface area contributed by atoms with E-state index in [1.807, 2.05) is 31.2 Å². The summed E-state index contributed by atoms with van der Waals surface area (Å²) < 4.78 is 12.9. The number of rotatable bonds is 9. The average molecular weight is 386 g/mol. The van der Waals surface area contributed by atoms with Gasteiger partial charge in [0.05, 0.1) is 6.54 Å². The first-order valence-electron chi connectivity index (χ1n) is 8.92. The van der Waals surface area contributed by atoms with E-state index in [4.69, 9.17) is 0 Å². The maximum absolute atomic E-state index is 12.9. The van der Waals surface area contributed by atoms with E-state index in [1.165, 1.54) is 24.3 Å². The predicted octanol–water partition coefficient (Wildman–Crippen LogP) is 2.00. The molecular formula is C21H23FN2O4. The number of carboxylic acids is 1. The molecule has 0 saturated carbocycles. The van der Waals surface area contributed by atoms with Gasteiger partial charge in [-0.15, -0.1) is 0 Å². The summed E-state index contributed by atoms with van der Waals surface area (Å²) >= 11 is 0. The molecule has 0 aliphatic carbocycles. The monoisotopic (exact) mass is 386 g/mol. The van der Waals surface area contributed by atoms with Gasteiger partial charge in [-0.3, -0.25) is 9.59 Å². The van der Waals surface area contributed by atoms with Gasteiger partial charge in [-0.25, -0.2) is 9.18 Å². The third kappa shape index (κ3) is 7.19. The number of carbonyl (C=O) groups is 3. The molecule has 2 rings (SSSR count). The molecule has 0 aromatic heterocycles. The molecule has 2 amide bonds. The van der Waals surface area contributed by atoms with Crippen LogP contribution in [0.15, 0.2) is 48.5 Å². The van der Waals surface area contributed by atoms with E-state index in [0.717, 1.165) is 11.1 Å². The number of hydrogen-bond donors (Lipinski definition) is 3. The van der Waals surface area contributed by atoms with Crippen molar-refractivity contribution >= 4 is 17.8 Å². The molecule has 6 nitrogen and oxygen atoms in total. The minimum absolute atomic E-state index is 0.0166. The first kappa shape index (κ1) is 21.1. The van der Waals surface area contributed by atoms with Gasteiger partial charge in [-0.05, 0) is 36.6 Å². The first-order valence-corrected chi connectivity index (χ1v) is 8.92. The molecular weight excluding hydrogens is 363 g/mol. The van der Waals surface area contributed by atoms with Crippen molar-refractivity contribution in [1.29, 1.82) is 0 Å². The van der Waals surface area contributed by atoms with E-state index in [2.05, 4.69) is 10.6 Å². The van der Waals surface area contributed by atoms with Crippen LogP contribution >= 0.6 is 0 Å². The molecule has 0 bridgehead atoms. The smallest absolute Gasteiger partial charge is 0.326 e. The fourth-order valence-electron chi connectivity index (χ4n) is 2.58. The van der Waals surface area contributed by atoms with E-state index in [0.29, 0.717) is 12.0 Å². The Morgan fingerprint density at radius 1 is 0.964 bits per heavy atom. The number of amides is 2. The van der Waals surface area contributed by atoms with Crippen molar-refractivity contribution in [3.8, 4) is 0 Å². The molecule has 2 aromatic carbocycles. The summed E-state index contributed by atoms with van der Waals surface area (Å²) in [5.41, 5.74) is 2.74. The summed E-state index contributed by atoms with van der Waals surface area (Å²) in [5.74, 6) is -2.52. The van der Waals surface area contributed by atoms with E-state index in [9.17, 15) is 23.9 Å². The van der Waals surface area contributed by atoms with Crippen molar-refractivity contribution < 1.29 is 23.9 Å². The number of benzene rings is 2. The van der Waals surface area contributed by atoms with Gasteiger partial charge in [0.1, 0.15) is 11.9 Å². The number of aliphatic carboxylic acids is 1. The molecule has 0 fully saturated rings. The molecule has 2 aromatic rings. The summed E-state index contributed by atoms with van der Waals surface area (Å²) in [6.07, 6.45) is 0.799. The highest BCUT2D eigenvalue weighted by atomic mass is 19.1. The lowest BCUT2D eigenvalue weighted by atomic mass is 10.1. The Morgan fingerprint density at radius 3 is 2.18 bits per heavy atom. The molecule has 0 aliphatic heterocycles. The number of nitrogens with one attached hydrogen (secondary N) is 2. The highest BCUT2D eigenvalue weighted by molar-refractivity contribution is 5.88. The number of carbonyl (C=O) groups excluding carboxylic acids is 2. The van der Waals surface area contributed by atoms with E-state index < -0.39 is 23.7 Å². The highest BCUT2D eigenvalue weighted by Crippen LogP contribution is 2.07. The Hall–Kier alpha value is -3.22. The zero-order valence-electron chi connectivity index (χ0n) is 15.6. The van der Waals surface area contributed by atoms with Gasteiger partial charge < -0.3 is 15.7 Å². The SMILES string of the molecule is Cc1ccc(CCC(=O)NCC(=O)N[C@@H](Cc2ccc(F)cc2)C(=O)O)cc1. The standard InChI is InChI=1S/C21H23FN2O4/c1-14-2-4-15(5-3-14)8-11-19(25)23-13-20(26)24-18(21(27)28)12-16-6-9-17(22)10-7-16/h2-7,9-10,18H,8,11-13H2,1H3,(H,23,25)(H,24,26)(H,27,28)/t18-/m0/s1. The van der Waals surface area contributed by atoms with Gasteiger partial charge in [0, 0.05) is 12.8 Å². The van der Waals surface area contributed by atoms with Gasteiger partial charge >= 0.3 is 5.97 Å². The van der Waals surface area contributed by atoms with Gasteiger partial charge in [-0.1, -0.05) is 42.0 Å². The molecule has 28 heavy (non-hydrogen) atoms. The normalized spacial score (nSPS) is 11.5. The van der Waals surface area contributed by atoms with Crippen LogP contribution in [0, 0.1) is 12.7 Å². The fourth-order valence-corrected chi connectivity index (χ4v) is 2.58. The maximum atomic E-state index is 12.9. The quantitative estimate of drug-likeness (QED) is 0.614. The van der Waals surface area contributed by atoms with Crippen LogP contribution in [0.25, 0.3) is 0 Å². The highest BCUT2D eigenvalue weighted by Gasteiger charge is 2.20. The molecule has 0 heterocycles. The maximum Gasteiger partial charge on any atom is 0.326 e. The Balaban J connectivity index is 1.77. The lowest BCUT2D eigenvalue weighted by Gasteiger charge is -2.15. The molecule has 1 atom stereocenters. The van der Waals surface area contributed by atoms with Crippen molar-refractivity contribution in [2.45, 2.75) is 32.2 Å². The van der Waals surface area contributed by atoms with Gasteiger partial charge in [0.2, 0.25) is 11.8 Å². The van der Waals surface area contributed by atoms with Crippen molar-refractivity contribution in [3.63, 3.8) is 0 Å². The van der Waals surface area contributed by atoms with Crippen LogP contribution in [0.2, 0.25) is 0 Å². The second-order valence-corrected chi connectivity index (χ2v) is 6.55. The van der Waals surface area contributed by atoms with Crippen LogP contribution in [0.1, 0.15) is 23.1 Å². The largest absolute Gasteiger partial charge is 0.480 e. The molecule has 7 heteroatoms. The van der Waals surface area contributed by atoms with E-state index in [1.54, 1.807) is 0 Å². The zero-order chi connectivity index (χ0) is 20.5. The number of hydrogen-bond acceptors (Lipinski definition) is 3. The van der Waals surface area contributed by atoms with Gasteiger partial charge in [0.25, 0.3) is 0 Å². The Kier molecular flexibility index (Phi) is 7.68. The number of halogens is 1. The van der Waals surface area contributed by atoms with Crippen molar-refractivity contribution in [2.75, 3.05) is 6.54 Å². The molecule has 0 spiro atoms. The van der Waals surface area contributed by atoms with Crippen LogP contribution in [-0.2, 0) is 27.2 Å². The summed E-state index contributed by atoms with van der Waals surface area (Å²) in [7, 11) is 0. The van der Waals surface area contributed by atoms with Gasteiger partial charge in [-0.2, -0.15) is 0 Å². The summed E-state index contributed by atoms with van der Waals surface area (Å²) in [6, 6.07) is 12.0. The summed E-state index contributed by atoms with van der Waals surface area (Å²) in [5, 5.41) is 14.1. The molecule has 0 radical (unpaired) electrons. The van der Waals surface area contributed by atoms with Crippen LogP contribution in [0.4, 0.5) is 4.39 Å². The molecule has 0 unspecified atom stereocenters. The Bertz CT molecular complexity index is 819. The minimum atomic E-state index is -1.21. The summed E-state index contributed by atoms with van der Waals surface area (Å²) in [4.78, 5) is 35.2. The Labute approximate surface area is 162 Å². The van der Waals surface area contributed by atoms with E-state index >= 15 is 0 Å².